The van der Waals surface area contributed by atoms with E-state index in [1.54, 1.807) is 0 Å². The largest absolute Gasteiger partial charge is 0.462 e. The summed E-state index contributed by atoms with van der Waals surface area (Å²) < 4.78 is 4.88. The van der Waals surface area contributed by atoms with Crippen molar-refractivity contribution in [3.63, 3.8) is 0 Å². The monoisotopic (exact) mass is 344 g/mol. The van der Waals surface area contributed by atoms with Crippen molar-refractivity contribution in [2.24, 2.45) is 5.41 Å². The fraction of sp³-hybridized carbons (Fsp3) is 0.500. The van der Waals surface area contributed by atoms with Crippen LogP contribution in [-0.2, 0) is 9.53 Å². The number of carbonyl (C=O) groups is 1. The third-order valence-corrected chi connectivity index (χ3v) is 4.40. The minimum absolute atomic E-state index is 0.00437. The molecular weight excluding hydrogens is 312 g/mol. The van der Waals surface area contributed by atoms with Gasteiger partial charge in [-0.2, -0.15) is 0 Å². The number of hydrogen-bond donors (Lipinski definition) is 1. The second-order valence-corrected chi connectivity index (χ2v) is 7.49. The third-order valence-electron chi connectivity index (χ3n) is 4.40. The summed E-state index contributed by atoms with van der Waals surface area (Å²) in [6, 6.07) is 0. The van der Waals surface area contributed by atoms with E-state index in [0.717, 1.165) is 24.0 Å². The average Bonchev–Trinajstić information content (AvgIpc) is 2.44. The average molecular weight is 344 g/mol. The normalized spacial score (nSPS) is 22.1. The minimum Gasteiger partial charge on any atom is -0.462 e. The van der Waals surface area contributed by atoms with Crippen molar-refractivity contribution in [3.8, 4) is 0 Å². The smallest absolute Gasteiger partial charge is 0.302 e. The number of hydrogen-bond acceptors (Lipinski definition) is 3. The van der Waals surface area contributed by atoms with E-state index in [2.05, 4.69) is 45.9 Å². The van der Waals surface area contributed by atoms with Gasteiger partial charge in [-0.15, -0.1) is 0 Å². The number of rotatable bonds is 6. The molecule has 1 rings (SSSR count). The van der Waals surface area contributed by atoms with Gasteiger partial charge in [-0.3, -0.25) is 4.79 Å². The van der Waals surface area contributed by atoms with Crippen LogP contribution in [-0.4, -0.2) is 23.8 Å². The second kappa shape index (κ2) is 9.57. The van der Waals surface area contributed by atoms with Gasteiger partial charge in [-0.25, -0.2) is 0 Å². The Labute approximate surface area is 152 Å². The summed E-state index contributed by atoms with van der Waals surface area (Å²) in [5, 5.41) is 9.96. The van der Waals surface area contributed by atoms with E-state index in [1.165, 1.54) is 18.1 Å². The molecule has 1 aliphatic carbocycles. The Balaban J connectivity index is 2.71. The number of aliphatic hydroxyl groups excluding tert-OH is 1. The molecule has 3 nitrogen and oxygen atoms in total. The molecule has 0 aromatic rings. The number of ether oxygens (including phenoxy) is 1. The van der Waals surface area contributed by atoms with Crippen LogP contribution < -0.4 is 0 Å². The zero-order valence-corrected chi connectivity index (χ0v) is 16.4. The molecule has 0 aromatic carbocycles. The van der Waals surface area contributed by atoms with Gasteiger partial charge in [-0.05, 0) is 50.7 Å². The van der Waals surface area contributed by atoms with Crippen LogP contribution in [0.1, 0.15) is 54.4 Å². The standard InChI is InChI=1S/C22H32O3/c1-16(8-7-9-17(2)12-13-25-19(4)23)10-11-21-18(3)14-20(24)15-22(21,5)6/h7-12,20,24H,13-15H2,1-6H3/b9-7?,11-10?,16-8-,17-12?/t20-/m1/s1. The summed E-state index contributed by atoms with van der Waals surface area (Å²) in [5.41, 5.74) is 4.81. The first-order chi connectivity index (χ1) is 11.6. The van der Waals surface area contributed by atoms with Crippen LogP contribution in [0, 0.1) is 5.41 Å². The van der Waals surface area contributed by atoms with E-state index in [1.807, 2.05) is 25.2 Å². The first-order valence-corrected chi connectivity index (χ1v) is 8.83. The fourth-order valence-electron chi connectivity index (χ4n) is 3.16. The fourth-order valence-corrected chi connectivity index (χ4v) is 3.16. The molecule has 1 N–H and O–H groups in total. The van der Waals surface area contributed by atoms with Crippen molar-refractivity contribution in [3.05, 3.63) is 58.7 Å². The number of allylic oxidation sites excluding steroid dienone is 8. The van der Waals surface area contributed by atoms with Crippen LogP contribution in [0.2, 0.25) is 0 Å². The molecule has 3 heteroatoms. The van der Waals surface area contributed by atoms with Gasteiger partial charge in [0.25, 0.3) is 0 Å². The summed E-state index contributed by atoms with van der Waals surface area (Å²) in [5.74, 6) is -0.267. The van der Waals surface area contributed by atoms with Crippen molar-refractivity contribution in [2.45, 2.75) is 60.5 Å². The van der Waals surface area contributed by atoms with Crippen LogP contribution in [0.25, 0.3) is 0 Å². The summed E-state index contributed by atoms with van der Waals surface area (Å²) in [6.07, 6.45) is 13.6. The highest BCUT2D eigenvalue weighted by atomic mass is 16.5. The van der Waals surface area contributed by atoms with Gasteiger partial charge in [0.2, 0.25) is 0 Å². The first kappa shape index (κ1) is 21.2. The Morgan fingerprint density at radius 2 is 1.92 bits per heavy atom. The van der Waals surface area contributed by atoms with E-state index in [-0.39, 0.29) is 17.5 Å². The molecule has 1 atom stereocenters. The molecule has 0 fully saturated rings. The predicted octanol–water partition coefficient (Wildman–Crippen LogP) is 5.05. The predicted molar refractivity (Wildman–Crippen MR) is 104 cm³/mol. The molecule has 25 heavy (non-hydrogen) atoms. The lowest BCUT2D eigenvalue weighted by molar-refractivity contribution is -0.139. The Bertz CT molecular complexity index is 628. The maximum absolute atomic E-state index is 10.7. The topological polar surface area (TPSA) is 46.5 Å². The highest BCUT2D eigenvalue weighted by Gasteiger charge is 2.31. The number of esters is 1. The second-order valence-electron chi connectivity index (χ2n) is 7.49. The SMILES string of the molecule is CC(=O)OCC=C(C)C=C/C=C(/C)C=CC1=C(C)C[C@@H](O)CC1(C)C. The lowest BCUT2D eigenvalue weighted by Gasteiger charge is -2.35. The molecule has 0 unspecified atom stereocenters. The molecule has 0 aromatic heterocycles. The molecule has 0 bridgehead atoms. The number of aliphatic hydroxyl groups is 1. The first-order valence-electron chi connectivity index (χ1n) is 8.83. The van der Waals surface area contributed by atoms with Gasteiger partial charge in [-0.1, -0.05) is 60.9 Å². The zero-order chi connectivity index (χ0) is 19.0. The summed E-state index contributed by atoms with van der Waals surface area (Å²) in [6.45, 7) is 12.2. The van der Waals surface area contributed by atoms with Crippen LogP contribution in [0.3, 0.4) is 0 Å². The van der Waals surface area contributed by atoms with E-state index in [4.69, 9.17) is 4.74 Å². The van der Waals surface area contributed by atoms with Crippen molar-refractivity contribution >= 4 is 5.97 Å². The Hall–Kier alpha value is -1.87. The van der Waals surface area contributed by atoms with E-state index in [9.17, 15) is 9.90 Å². The van der Waals surface area contributed by atoms with Gasteiger partial charge < -0.3 is 9.84 Å². The van der Waals surface area contributed by atoms with E-state index in [0.29, 0.717) is 6.61 Å². The highest BCUT2D eigenvalue weighted by Crippen LogP contribution is 2.40. The molecule has 1 aliphatic rings. The third kappa shape index (κ3) is 7.70. The van der Waals surface area contributed by atoms with Crippen LogP contribution >= 0.6 is 0 Å². The number of carbonyl (C=O) groups excluding carboxylic acids is 1. The van der Waals surface area contributed by atoms with Crippen LogP contribution in [0.5, 0.6) is 0 Å². The molecule has 0 saturated carbocycles. The lowest BCUT2D eigenvalue weighted by atomic mass is 9.71. The summed E-state index contributed by atoms with van der Waals surface area (Å²) in [4.78, 5) is 10.7. The van der Waals surface area contributed by atoms with Gasteiger partial charge in [0.1, 0.15) is 6.61 Å². The van der Waals surface area contributed by atoms with Crippen LogP contribution in [0.15, 0.2) is 58.7 Å². The molecule has 0 saturated heterocycles. The summed E-state index contributed by atoms with van der Waals surface area (Å²) in [7, 11) is 0. The van der Waals surface area contributed by atoms with Crippen molar-refractivity contribution in [1.29, 1.82) is 0 Å². The molecule has 0 radical (unpaired) electrons. The minimum atomic E-state index is -0.267. The van der Waals surface area contributed by atoms with E-state index < -0.39 is 0 Å². The van der Waals surface area contributed by atoms with Gasteiger partial charge in [0.15, 0.2) is 0 Å². The quantitative estimate of drug-likeness (QED) is 0.541. The maximum atomic E-state index is 10.7. The lowest BCUT2D eigenvalue weighted by Crippen LogP contribution is -2.28. The van der Waals surface area contributed by atoms with Gasteiger partial charge >= 0.3 is 5.97 Å². The Morgan fingerprint density at radius 3 is 2.52 bits per heavy atom. The van der Waals surface area contributed by atoms with Crippen LogP contribution in [0.4, 0.5) is 0 Å². The van der Waals surface area contributed by atoms with E-state index >= 15 is 0 Å². The summed E-state index contributed by atoms with van der Waals surface area (Å²) >= 11 is 0. The molecule has 0 spiro atoms. The Morgan fingerprint density at radius 1 is 1.24 bits per heavy atom. The Kier molecular flexibility index (Phi) is 8.11. The maximum Gasteiger partial charge on any atom is 0.302 e. The van der Waals surface area contributed by atoms with Crippen molar-refractivity contribution < 1.29 is 14.6 Å². The molecule has 138 valence electrons. The molecule has 0 heterocycles. The highest BCUT2D eigenvalue weighted by molar-refractivity contribution is 5.66. The van der Waals surface area contributed by atoms with Crippen molar-refractivity contribution in [1.82, 2.24) is 0 Å². The van der Waals surface area contributed by atoms with Gasteiger partial charge in [0.05, 0.1) is 6.10 Å². The molecule has 0 amide bonds. The molecule has 0 aliphatic heterocycles. The van der Waals surface area contributed by atoms with Gasteiger partial charge in [0, 0.05) is 6.92 Å². The zero-order valence-electron chi connectivity index (χ0n) is 16.4. The van der Waals surface area contributed by atoms with Crippen molar-refractivity contribution in [2.75, 3.05) is 6.61 Å². The molecular formula is C22H32O3.